The van der Waals surface area contributed by atoms with Crippen molar-refractivity contribution < 1.29 is 4.42 Å². The first-order valence-electron chi connectivity index (χ1n) is 6.35. The van der Waals surface area contributed by atoms with Crippen LogP contribution in [0.1, 0.15) is 18.4 Å². The van der Waals surface area contributed by atoms with Crippen molar-refractivity contribution in [1.82, 2.24) is 15.5 Å². The summed E-state index contributed by atoms with van der Waals surface area (Å²) >= 11 is 1.38. The zero-order valence-corrected chi connectivity index (χ0v) is 12.3. The molecule has 1 aromatic heterocycles. The molecule has 6 heteroatoms. The van der Waals surface area contributed by atoms with Crippen LogP contribution in [0.2, 0.25) is 0 Å². The lowest BCUT2D eigenvalue weighted by molar-refractivity contribution is 0.426. The molecular formula is C14H16N4OS. The smallest absolute Gasteiger partial charge is 0.276 e. The van der Waals surface area contributed by atoms with Gasteiger partial charge in [-0.05, 0) is 12.1 Å². The van der Waals surface area contributed by atoms with Crippen LogP contribution in [0, 0.1) is 18.3 Å². The molecule has 0 amide bonds. The topological polar surface area (TPSA) is 74.7 Å². The van der Waals surface area contributed by atoms with E-state index in [4.69, 9.17) is 4.42 Å². The van der Waals surface area contributed by atoms with Crippen LogP contribution in [0.25, 0.3) is 0 Å². The molecule has 0 aliphatic carbocycles. The summed E-state index contributed by atoms with van der Waals surface area (Å²) in [4.78, 5) is 0. The van der Waals surface area contributed by atoms with Gasteiger partial charge in [0.05, 0.1) is 6.07 Å². The van der Waals surface area contributed by atoms with Crippen molar-refractivity contribution >= 4 is 11.8 Å². The van der Waals surface area contributed by atoms with Crippen LogP contribution in [-0.2, 0) is 5.54 Å². The first kappa shape index (κ1) is 14.6. The largest absolute Gasteiger partial charge is 0.416 e. The summed E-state index contributed by atoms with van der Waals surface area (Å²) in [6.07, 6.45) is 0. The molecule has 0 saturated carbocycles. The highest BCUT2D eigenvalue weighted by Crippen LogP contribution is 2.28. The molecule has 104 valence electrons. The van der Waals surface area contributed by atoms with E-state index in [9.17, 15) is 5.26 Å². The van der Waals surface area contributed by atoms with Gasteiger partial charge in [-0.2, -0.15) is 5.26 Å². The molecule has 0 bridgehead atoms. The number of aryl methyl sites for hydroxylation is 1. The van der Waals surface area contributed by atoms with Gasteiger partial charge in [-0.1, -0.05) is 49.0 Å². The first-order chi connectivity index (χ1) is 9.70. The highest BCUT2D eigenvalue weighted by Gasteiger charge is 2.32. The minimum Gasteiger partial charge on any atom is -0.416 e. The Morgan fingerprint density at radius 3 is 2.65 bits per heavy atom. The Kier molecular flexibility index (Phi) is 4.77. The predicted octanol–water partition coefficient (Wildman–Crippen LogP) is 2.50. The molecule has 0 aliphatic heterocycles. The van der Waals surface area contributed by atoms with Gasteiger partial charge in [-0.15, -0.1) is 10.2 Å². The third-order valence-electron chi connectivity index (χ3n) is 2.86. The number of hydrogen-bond acceptors (Lipinski definition) is 6. The molecule has 1 unspecified atom stereocenters. The van der Waals surface area contributed by atoms with E-state index in [1.54, 1.807) is 6.92 Å². The molecule has 1 atom stereocenters. The predicted molar refractivity (Wildman–Crippen MR) is 77.2 cm³/mol. The fourth-order valence-corrected chi connectivity index (χ4v) is 2.86. The van der Waals surface area contributed by atoms with Crippen molar-refractivity contribution in [2.45, 2.75) is 24.6 Å². The highest BCUT2D eigenvalue weighted by atomic mass is 32.2. The number of aromatic nitrogens is 2. The van der Waals surface area contributed by atoms with E-state index < -0.39 is 5.54 Å². The van der Waals surface area contributed by atoms with E-state index >= 15 is 0 Å². The van der Waals surface area contributed by atoms with E-state index in [0.717, 1.165) is 5.56 Å². The normalized spacial score (nSPS) is 13.7. The molecule has 2 rings (SSSR count). The standard InChI is InChI=1S/C14H16N4OS/c1-3-16-14(9-15,12-7-5-4-6-8-12)10-20-13-18-17-11(2)19-13/h4-8,16H,3,10H2,1-2H3. The number of rotatable bonds is 6. The van der Waals surface area contributed by atoms with E-state index in [0.29, 0.717) is 23.4 Å². The minimum absolute atomic E-state index is 0.482. The lowest BCUT2D eigenvalue weighted by atomic mass is 9.93. The quantitative estimate of drug-likeness (QED) is 0.823. The van der Waals surface area contributed by atoms with Crippen LogP contribution in [0.15, 0.2) is 40.0 Å². The average molecular weight is 288 g/mol. The van der Waals surface area contributed by atoms with Gasteiger partial charge in [0.1, 0.15) is 5.54 Å². The highest BCUT2D eigenvalue weighted by molar-refractivity contribution is 7.99. The van der Waals surface area contributed by atoms with E-state index in [1.165, 1.54) is 11.8 Å². The molecule has 1 N–H and O–H groups in total. The molecule has 0 saturated heterocycles. The summed E-state index contributed by atoms with van der Waals surface area (Å²) in [7, 11) is 0. The van der Waals surface area contributed by atoms with E-state index in [2.05, 4.69) is 21.6 Å². The van der Waals surface area contributed by atoms with Crippen LogP contribution < -0.4 is 5.32 Å². The summed E-state index contributed by atoms with van der Waals surface area (Å²) in [5, 5.41) is 21.1. The van der Waals surface area contributed by atoms with Crippen LogP contribution in [0.4, 0.5) is 0 Å². The molecule has 0 radical (unpaired) electrons. The monoisotopic (exact) mass is 288 g/mol. The molecule has 1 aromatic carbocycles. The van der Waals surface area contributed by atoms with Gasteiger partial charge in [0.15, 0.2) is 0 Å². The Labute approximate surface area is 122 Å². The second-order valence-electron chi connectivity index (χ2n) is 4.29. The van der Waals surface area contributed by atoms with Gasteiger partial charge in [0, 0.05) is 12.7 Å². The molecule has 0 aliphatic rings. The SMILES string of the molecule is CCNC(C#N)(CSc1nnc(C)o1)c1ccccc1. The maximum atomic E-state index is 9.65. The second kappa shape index (κ2) is 6.55. The Morgan fingerprint density at radius 2 is 2.10 bits per heavy atom. The van der Waals surface area contributed by atoms with Crippen LogP contribution in [-0.4, -0.2) is 22.5 Å². The summed E-state index contributed by atoms with van der Waals surface area (Å²) in [6, 6.07) is 12.1. The maximum absolute atomic E-state index is 9.65. The zero-order valence-electron chi connectivity index (χ0n) is 11.5. The van der Waals surface area contributed by atoms with Crippen molar-refractivity contribution in [2.24, 2.45) is 0 Å². The fraction of sp³-hybridized carbons (Fsp3) is 0.357. The molecular weight excluding hydrogens is 272 g/mol. The lowest BCUT2D eigenvalue weighted by Gasteiger charge is -2.27. The van der Waals surface area contributed by atoms with Gasteiger partial charge in [0.2, 0.25) is 5.89 Å². The zero-order chi connectivity index (χ0) is 14.4. The molecule has 1 heterocycles. The van der Waals surface area contributed by atoms with Gasteiger partial charge in [-0.3, -0.25) is 5.32 Å². The third kappa shape index (κ3) is 3.18. The molecule has 5 nitrogen and oxygen atoms in total. The minimum atomic E-state index is -0.761. The molecule has 0 spiro atoms. The van der Waals surface area contributed by atoms with Gasteiger partial charge in [0.25, 0.3) is 5.22 Å². The molecule has 2 aromatic rings. The number of nitriles is 1. The van der Waals surface area contributed by atoms with Gasteiger partial charge < -0.3 is 4.42 Å². The van der Waals surface area contributed by atoms with Crippen molar-refractivity contribution in [2.75, 3.05) is 12.3 Å². The number of thioether (sulfide) groups is 1. The summed E-state index contributed by atoms with van der Waals surface area (Å²) in [6.45, 7) is 4.43. The third-order valence-corrected chi connectivity index (χ3v) is 3.84. The van der Waals surface area contributed by atoms with Crippen molar-refractivity contribution in [3.63, 3.8) is 0 Å². The molecule has 20 heavy (non-hydrogen) atoms. The summed E-state index contributed by atoms with van der Waals surface area (Å²) in [5.74, 6) is 1.03. The van der Waals surface area contributed by atoms with Crippen molar-refractivity contribution in [1.29, 1.82) is 5.26 Å². The van der Waals surface area contributed by atoms with Crippen molar-refractivity contribution in [3.05, 3.63) is 41.8 Å². The second-order valence-corrected chi connectivity index (χ2v) is 5.22. The van der Waals surface area contributed by atoms with Crippen LogP contribution >= 0.6 is 11.8 Å². The number of hydrogen-bond donors (Lipinski definition) is 1. The average Bonchev–Trinajstić information content (AvgIpc) is 2.90. The van der Waals surface area contributed by atoms with Crippen LogP contribution in [0.5, 0.6) is 0 Å². The Bertz CT molecular complexity index is 593. The van der Waals surface area contributed by atoms with Crippen molar-refractivity contribution in [3.8, 4) is 6.07 Å². The first-order valence-corrected chi connectivity index (χ1v) is 7.33. The number of benzene rings is 1. The van der Waals surface area contributed by atoms with Gasteiger partial charge in [-0.25, -0.2) is 0 Å². The molecule has 0 fully saturated rings. The van der Waals surface area contributed by atoms with E-state index in [1.807, 2.05) is 37.3 Å². The summed E-state index contributed by atoms with van der Waals surface area (Å²) < 4.78 is 5.34. The Morgan fingerprint density at radius 1 is 1.35 bits per heavy atom. The number of nitrogens with zero attached hydrogens (tertiary/aromatic N) is 3. The fourth-order valence-electron chi connectivity index (χ4n) is 1.90. The lowest BCUT2D eigenvalue weighted by Crippen LogP contribution is -2.43. The Balaban J connectivity index is 2.21. The summed E-state index contributed by atoms with van der Waals surface area (Å²) in [5.41, 5.74) is 0.177. The maximum Gasteiger partial charge on any atom is 0.276 e. The Hall–Kier alpha value is -1.84. The van der Waals surface area contributed by atoms with E-state index in [-0.39, 0.29) is 0 Å². The van der Waals surface area contributed by atoms with Gasteiger partial charge >= 0.3 is 0 Å². The number of nitrogens with one attached hydrogen (secondary N) is 1. The van der Waals surface area contributed by atoms with Crippen LogP contribution in [0.3, 0.4) is 0 Å².